The maximum atomic E-state index is 14.4. The second kappa shape index (κ2) is 15.3. The van der Waals surface area contributed by atoms with E-state index in [1.165, 1.54) is 31.4 Å². The predicted octanol–water partition coefficient (Wildman–Crippen LogP) is -0.543. The first-order valence-electron chi connectivity index (χ1n) is 16.0. The van der Waals surface area contributed by atoms with Crippen LogP contribution in [-0.2, 0) is 39.8 Å². The van der Waals surface area contributed by atoms with Gasteiger partial charge in [0.15, 0.2) is 11.9 Å². The minimum atomic E-state index is -5.02. The highest BCUT2D eigenvalue weighted by Gasteiger charge is 2.69. The van der Waals surface area contributed by atoms with Gasteiger partial charge in [0.25, 0.3) is 0 Å². The summed E-state index contributed by atoms with van der Waals surface area (Å²) in [5.41, 5.74) is -2.81. The molecule has 282 valence electrons. The van der Waals surface area contributed by atoms with Crippen LogP contribution in [0, 0.1) is 0 Å². The number of halogens is 3. The summed E-state index contributed by atoms with van der Waals surface area (Å²) >= 11 is 0. The molecule has 0 spiro atoms. The fraction of sp³-hybridized carbons (Fsp3) is 0.545. The third kappa shape index (κ3) is 7.72. The molecule has 0 amide bonds. The summed E-state index contributed by atoms with van der Waals surface area (Å²) in [6.07, 6.45) is -21.2. The molecule has 3 heterocycles. The average Bonchev–Trinajstić information content (AvgIpc) is 3.52. The SMILES string of the molecule is CCc1ccc(C[C@@]2(O)[C@@H](O)[C@H](O)[C@@H](CO)O[C@@]2(Oc2cc(C(F)(F)F)n(Cc3ccc(OC)cc3)n2)O[C@H]2[C@H](O)[C@@H](O)[C@H](O)O[C@@H]2CO)cc1. The molecule has 1 aromatic heterocycles. The van der Waals surface area contributed by atoms with Crippen molar-refractivity contribution in [2.45, 2.75) is 93.1 Å². The first kappa shape index (κ1) is 38.8. The van der Waals surface area contributed by atoms with Crippen molar-refractivity contribution in [2.24, 2.45) is 0 Å². The molecule has 51 heavy (non-hydrogen) atoms. The van der Waals surface area contributed by atoms with Gasteiger partial charge in [0.05, 0.1) is 26.9 Å². The van der Waals surface area contributed by atoms with Crippen molar-refractivity contribution in [1.29, 1.82) is 0 Å². The summed E-state index contributed by atoms with van der Waals surface area (Å²) in [5, 5.41) is 90.6. The van der Waals surface area contributed by atoms with Crippen LogP contribution < -0.4 is 9.47 Å². The van der Waals surface area contributed by atoms with E-state index in [1.54, 1.807) is 24.3 Å². The zero-order valence-corrected chi connectivity index (χ0v) is 27.5. The summed E-state index contributed by atoms with van der Waals surface area (Å²) in [6, 6.07) is 13.0. The highest BCUT2D eigenvalue weighted by Crippen LogP contribution is 2.45. The number of benzene rings is 2. The molecule has 2 saturated heterocycles. The van der Waals surface area contributed by atoms with Crippen LogP contribution in [0.2, 0.25) is 0 Å². The van der Waals surface area contributed by atoms with E-state index in [-0.39, 0.29) is 5.56 Å². The summed E-state index contributed by atoms with van der Waals surface area (Å²) in [4.78, 5) is 0. The quantitative estimate of drug-likeness (QED) is 0.110. The van der Waals surface area contributed by atoms with Crippen molar-refractivity contribution in [1.82, 2.24) is 9.78 Å². The number of ether oxygens (including phenoxy) is 5. The molecular formula is C33H41F3N2O13. The van der Waals surface area contributed by atoms with Gasteiger partial charge in [-0.25, -0.2) is 0 Å². The maximum absolute atomic E-state index is 14.4. The Kier molecular flexibility index (Phi) is 11.6. The van der Waals surface area contributed by atoms with Gasteiger partial charge >= 0.3 is 12.1 Å². The first-order chi connectivity index (χ1) is 24.1. The van der Waals surface area contributed by atoms with Gasteiger partial charge in [0, 0.05) is 12.5 Å². The van der Waals surface area contributed by atoms with E-state index in [4.69, 9.17) is 23.7 Å². The third-order valence-corrected chi connectivity index (χ3v) is 9.02. The Hall–Kier alpha value is -3.40. The number of aryl methyl sites for hydroxylation is 1. The lowest BCUT2D eigenvalue weighted by Gasteiger charge is -2.55. The van der Waals surface area contributed by atoms with Crippen LogP contribution >= 0.6 is 0 Å². The highest BCUT2D eigenvalue weighted by atomic mass is 19.4. The molecule has 15 nitrogen and oxygen atoms in total. The topological polar surface area (TPSA) is 226 Å². The zero-order valence-electron chi connectivity index (χ0n) is 27.5. The number of alkyl halides is 3. The van der Waals surface area contributed by atoms with Crippen LogP contribution in [0.3, 0.4) is 0 Å². The van der Waals surface area contributed by atoms with Crippen molar-refractivity contribution in [2.75, 3.05) is 20.3 Å². The summed E-state index contributed by atoms with van der Waals surface area (Å²) < 4.78 is 71.8. The molecule has 0 bridgehead atoms. The minimum absolute atomic E-state index is 0.277. The van der Waals surface area contributed by atoms with Crippen molar-refractivity contribution in [3.8, 4) is 11.6 Å². The van der Waals surface area contributed by atoms with Gasteiger partial charge in [0.2, 0.25) is 5.88 Å². The Bertz CT molecular complexity index is 1590. The average molecular weight is 731 g/mol. The fourth-order valence-corrected chi connectivity index (χ4v) is 6.09. The van der Waals surface area contributed by atoms with Gasteiger partial charge in [-0.15, -0.1) is 5.10 Å². The van der Waals surface area contributed by atoms with Crippen LogP contribution in [0.4, 0.5) is 13.2 Å². The predicted molar refractivity (Wildman–Crippen MR) is 166 cm³/mol. The maximum Gasteiger partial charge on any atom is 0.433 e. The monoisotopic (exact) mass is 730 g/mol. The molecule has 5 rings (SSSR count). The Morgan fingerprint density at radius 2 is 1.47 bits per heavy atom. The zero-order chi connectivity index (χ0) is 37.3. The Morgan fingerprint density at radius 1 is 0.863 bits per heavy atom. The lowest BCUT2D eigenvalue weighted by atomic mass is 9.79. The standard InChI is InChI=1S/C33H41F3N2O13/c1-3-17-4-6-18(7-5-17)13-31(46)29(44)25(41)21(15-39)49-33(31,51-28-22(16-40)48-30(45)27(43)26(28)42)50-24-12-23(32(34,35)36)38(37-24)14-19-8-10-20(47-2)11-9-19/h4-12,21-22,25-30,39-46H,3,13-16H2,1-2H3/t21-,22-,25-,26-,27-,28-,29+,30-,31-,33+/m1/s1. The smallest absolute Gasteiger partial charge is 0.433 e. The normalized spacial score (nSPS) is 32.9. The number of hydrogen-bond donors (Lipinski definition) is 8. The second-order valence-corrected chi connectivity index (χ2v) is 12.4. The summed E-state index contributed by atoms with van der Waals surface area (Å²) in [5.74, 6) is -3.73. The molecule has 18 heteroatoms. The molecular weight excluding hydrogens is 689 g/mol. The van der Waals surface area contributed by atoms with Crippen molar-refractivity contribution in [3.05, 3.63) is 77.0 Å². The van der Waals surface area contributed by atoms with E-state index >= 15 is 0 Å². The molecule has 0 aliphatic carbocycles. The van der Waals surface area contributed by atoms with E-state index in [9.17, 15) is 54.0 Å². The molecule has 0 unspecified atom stereocenters. The number of hydrogen-bond acceptors (Lipinski definition) is 14. The van der Waals surface area contributed by atoms with Gasteiger partial charge in [-0.2, -0.15) is 13.2 Å². The number of methoxy groups -OCH3 is 1. The lowest BCUT2D eigenvalue weighted by molar-refractivity contribution is -0.489. The Morgan fingerprint density at radius 3 is 2.04 bits per heavy atom. The molecule has 8 N–H and O–H groups in total. The van der Waals surface area contributed by atoms with E-state index in [2.05, 4.69) is 5.10 Å². The molecule has 2 fully saturated rings. The molecule has 3 aromatic rings. The lowest BCUT2D eigenvalue weighted by Crippen LogP contribution is -2.78. The van der Waals surface area contributed by atoms with Gasteiger partial charge in [-0.05, 0) is 35.2 Å². The van der Waals surface area contributed by atoms with Crippen molar-refractivity contribution in [3.63, 3.8) is 0 Å². The van der Waals surface area contributed by atoms with E-state index < -0.39 is 105 Å². The van der Waals surface area contributed by atoms with Gasteiger partial charge in [-0.3, -0.25) is 4.68 Å². The molecule has 2 aliphatic rings. The summed E-state index contributed by atoms with van der Waals surface area (Å²) in [6.45, 7) is -0.593. The molecule has 2 aromatic carbocycles. The van der Waals surface area contributed by atoms with Crippen LogP contribution in [0.25, 0.3) is 0 Å². The number of rotatable bonds is 12. The minimum Gasteiger partial charge on any atom is -0.497 e. The Labute approximate surface area is 289 Å². The third-order valence-electron chi connectivity index (χ3n) is 9.02. The largest absolute Gasteiger partial charge is 0.497 e. The van der Waals surface area contributed by atoms with Crippen LogP contribution in [0.15, 0.2) is 54.6 Å². The van der Waals surface area contributed by atoms with E-state index in [0.29, 0.717) is 28.5 Å². The number of aliphatic hydroxyl groups excluding tert-OH is 7. The molecule has 2 aliphatic heterocycles. The van der Waals surface area contributed by atoms with Gasteiger partial charge in [-0.1, -0.05) is 43.3 Å². The van der Waals surface area contributed by atoms with Gasteiger partial charge < -0.3 is 64.5 Å². The van der Waals surface area contributed by atoms with E-state index in [1.807, 2.05) is 6.92 Å². The van der Waals surface area contributed by atoms with Crippen LogP contribution in [0.1, 0.15) is 29.3 Å². The fourth-order valence-electron chi connectivity index (χ4n) is 6.09. The van der Waals surface area contributed by atoms with Gasteiger partial charge in [0.1, 0.15) is 54.2 Å². The summed E-state index contributed by atoms with van der Waals surface area (Å²) in [7, 11) is 1.42. The first-order valence-corrected chi connectivity index (χ1v) is 16.0. The van der Waals surface area contributed by atoms with Crippen molar-refractivity contribution >= 4 is 0 Å². The van der Waals surface area contributed by atoms with E-state index in [0.717, 1.165) is 5.56 Å². The molecule has 0 radical (unpaired) electrons. The number of aromatic nitrogens is 2. The number of nitrogens with zero attached hydrogens (tertiary/aromatic N) is 2. The number of aliphatic hydroxyl groups is 8. The second-order valence-electron chi connectivity index (χ2n) is 12.4. The highest BCUT2D eigenvalue weighted by molar-refractivity contribution is 5.29. The molecule has 10 atom stereocenters. The Balaban J connectivity index is 1.67. The van der Waals surface area contributed by atoms with Crippen LogP contribution in [-0.4, -0.2) is 132 Å². The van der Waals surface area contributed by atoms with Crippen LogP contribution in [0.5, 0.6) is 11.6 Å². The molecule has 0 saturated carbocycles. The van der Waals surface area contributed by atoms with Crippen molar-refractivity contribution < 1.29 is 77.7 Å².